The third kappa shape index (κ3) is 5.59. The van der Waals surface area contributed by atoms with E-state index in [2.05, 4.69) is 34.0 Å². The molecule has 1 atom stereocenters. The molecule has 0 saturated carbocycles. The third-order valence-corrected chi connectivity index (χ3v) is 7.37. The number of nitrogens with zero attached hydrogens (tertiary/aromatic N) is 2. The number of carbonyl (C=O) groups is 2. The number of ether oxygens (including phenoxy) is 1. The van der Waals surface area contributed by atoms with E-state index in [-0.39, 0.29) is 24.4 Å². The Balaban J connectivity index is 1.52. The highest BCUT2D eigenvalue weighted by Crippen LogP contribution is 2.34. The summed E-state index contributed by atoms with van der Waals surface area (Å²) in [5, 5.41) is 2.07. The maximum absolute atomic E-state index is 13.5. The molecule has 3 aromatic rings. The van der Waals surface area contributed by atoms with E-state index in [1.807, 2.05) is 48.2 Å². The van der Waals surface area contributed by atoms with Crippen LogP contribution in [0.5, 0.6) is 5.75 Å². The van der Waals surface area contributed by atoms with E-state index in [1.165, 1.54) is 15.3 Å². The maximum Gasteiger partial charge on any atom is 0.254 e. The van der Waals surface area contributed by atoms with Gasteiger partial charge in [0.1, 0.15) is 18.9 Å². The van der Waals surface area contributed by atoms with E-state index in [1.54, 1.807) is 29.5 Å². The van der Waals surface area contributed by atoms with Gasteiger partial charge in [-0.05, 0) is 60.7 Å². The molecule has 4 rings (SSSR count). The molecule has 34 heavy (non-hydrogen) atoms. The maximum atomic E-state index is 13.5. The van der Waals surface area contributed by atoms with Gasteiger partial charge in [0.15, 0.2) is 0 Å². The van der Waals surface area contributed by atoms with Crippen molar-refractivity contribution < 1.29 is 14.3 Å². The average Bonchev–Trinajstić information content (AvgIpc) is 3.32. The van der Waals surface area contributed by atoms with Crippen molar-refractivity contribution in [3.63, 3.8) is 0 Å². The number of rotatable bonds is 8. The summed E-state index contributed by atoms with van der Waals surface area (Å²) in [7, 11) is 0. The first kappa shape index (κ1) is 24.2. The minimum atomic E-state index is -0.199. The standard InChI is InChI=1S/C27H27BrN2O3S/c1-3-13-29(27(32)20-5-4-6-21(28)16-20)17-26(31)30-14-11-25-23(12-15-34-25)24(30)18-33-22-9-7-19(2)8-10-22/h3-10,12,15-16,24H,1,11,13-14,17-18H2,2H3/t24-/m1/s1. The summed E-state index contributed by atoms with van der Waals surface area (Å²) in [6.45, 7) is 7.04. The Morgan fingerprint density at radius 2 is 2.03 bits per heavy atom. The summed E-state index contributed by atoms with van der Waals surface area (Å²) >= 11 is 5.13. The highest BCUT2D eigenvalue weighted by atomic mass is 79.9. The van der Waals surface area contributed by atoms with Crippen LogP contribution < -0.4 is 4.74 Å². The van der Waals surface area contributed by atoms with E-state index in [9.17, 15) is 9.59 Å². The fraction of sp³-hybridized carbons (Fsp3) is 0.259. The van der Waals surface area contributed by atoms with Crippen LogP contribution in [-0.2, 0) is 11.2 Å². The molecule has 0 unspecified atom stereocenters. The molecule has 0 spiro atoms. The molecule has 0 bridgehead atoms. The first-order valence-corrected chi connectivity index (χ1v) is 12.8. The van der Waals surface area contributed by atoms with Crippen LogP contribution in [0.15, 0.2) is 77.1 Å². The lowest BCUT2D eigenvalue weighted by Gasteiger charge is -2.37. The van der Waals surface area contributed by atoms with Crippen molar-refractivity contribution in [1.82, 2.24) is 9.80 Å². The van der Waals surface area contributed by atoms with Crippen LogP contribution in [0.4, 0.5) is 0 Å². The topological polar surface area (TPSA) is 49.9 Å². The van der Waals surface area contributed by atoms with Gasteiger partial charge in [-0.25, -0.2) is 0 Å². The van der Waals surface area contributed by atoms with Crippen LogP contribution in [0.25, 0.3) is 0 Å². The SMILES string of the molecule is C=CCN(CC(=O)N1CCc2sccc2[C@H]1COc1ccc(C)cc1)C(=O)c1cccc(Br)c1. The van der Waals surface area contributed by atoms with Gasteiger partial charge >= 0.3 is 0 Å². The monoisotopic (exact) mass is 538 g/mol. The third-order valence-electron chi connectivity index (χ3n) is 5.88. The molecule has 0 aliphatic carbocycles. The minimum Gasteiger partial charge on any atom is -0.491 e. The number of hydrogen-bond acceptors (Lipinski definition) is 4. The summed E-state index contributed by atoms with van der Waals surface area (Å²) in [5.74, 6) is 0.480. The summed E-state index contributed by atoms with van der Waals surface area (Å²) in [4.78, 5) is 31.3. The van der Waals surface area contributed by atoms with Crippen molar-refractivity contribution in [2.24, 2.45) is 0 Å². The van der Waals surface area contributed by atoms with Gasteiger partial charge in [-0.2, -0.15) is 0 Å². The second-order valence-corrected chi connectivity index (χ2v) is 10.2. The molecule has 2 amide bonds. The molecule has 2 heterocycles. The quantitative estimate of drug-likeness (QED) is 0.348. The first-order chi connectivity index (χ1) is 16.5. The minimum absolute atomic E-state index is 0.0160. The number of carbonyl (C=O) groups excluding carboxylic acids is 2. The van der Waals surface area contributed by atoms with Crippen LogP contribution in [0.2, 0.25) is 0 Å². The second kappa shape index (κ2) is 11.0. The van der Waals surface area contributed by atoms with E-state index in [0.29, 0.717) is 25.3 Å². The Bertz CT molecular complexity index is 1170. The molecule has 0 saturated heterocycles. The van der Waals surface area contributed by atoms with Crippen molar-refractivity contribution in [1.29, 1.82) is 0 Å². The number of hydrogen-bond donors (Lipinski definition) is 0. The average molecular weight is 539 g/mol. The Kier molecular flexibility index (Phi) is 7.85. The van der Waals surface area contributed by atoms with Crippen molar-refractivity contribution in [3.05, 3.63) is 98.7 Å². The molecule has 1 aromatic heterocycles. The van der Waals surface area contributed by atoms with Crippen LogP contribution >= 0.6 is 27.3 Å². The molecule has 0 radical (unpaired) electrons. The lowest BCUT2D eigenvalue weighted by Crippen LogP contribution is -2.47. The van der Waals surface area contributed by atoms with Gasteiger partial charge in [-0.1, -0.05) is 45.8 Å². The summed E-state index contributed by atoms with van der Waals surface area (Å²) < 4.78 is 6.92. The summed E-state index contributed by atoms with van der Waals surface area (Å²) in [6, 6.07) is 17.0. The van der Waals surface area contributed by atoms with Crippen LogP contribution in [-0.4, -0.2) is 47.9 Å². The van der Waals surface area contributed by atoms with E-state index in [0.717, 1.165) is 22.2 Å². The lowest BCUT2D eigenvalue weighted by molar-refractivity contribution is -0.135. The van der Waals surface area contributed by atoms with Crippen LogP contribution in [0.3, 0.4) is 0 Å². The lowest BCUT2D eigenvalue weighted by atomic mass is 10.0. The number of halogens is 1. The predicted octanol–water partition coefficient (Wildman–Crippen LogP) is 5.65. The van der Waals surface area contributed by atoms with E-state index in [4.69, 9.17) is 4.74 Å². The molecular formula is C27H27BrN2O3S. The van der Waals surface area contributed by atoms with Crippen molar-refractivity contribution in [2.75, 3.05) is 26.2 Å². The van der Waals surface area contributed by atoms with Gasteiger partial charge in [-0.15, -0.1) is 17.9 Å². The van der Waals surface area contributed by atoms with Gasteiger partial charge in [-0.3, -0.25) is 9.59 Å². The van der Waals surface area contributed by atoms with Gasteiger partial charge in [0.05, 0.1) is 6.04 Å². The molecular weight excluding hydrogens is 512 g/mol. The molecule has 2 aromatic carbocycles. The molecule has 0 N–H and O–H groups in total. The number of fused-ring (bicyclic) bond motifs is 1. The molecule has 176 valence electrons. The second-order valence-electron chi connectivity index (χ2n) is 8.26. The highest BCUT2D eigenvalue weighted by Gasteiger charge is 2.33. The molecule has 5 nitrogen and oxygen atoms in total. The Hall–Kier alpha value is -2.90. The first-order valence-electron chi connectivity index (χ1n) is 11.2. The van der Waals surface area contributed by atoms with Gasteiger partial charge in [0.2, 0.25) is 5.91 Å². The van der Waals surface area contributed by atoms with Crippen molar-refractivity contribution >= 4 is 39.1 Å². The molecule has 1 aliphatic heterocycles. The Labute approximate surface area is 212 Å². The fourth-order valence-corrected chi connectivity index (χ4v) is 5.44. The predicted molar refractivity (Wildman–Crippen MR) is 139 cm³/mol. The van der Waals surface area contributed by atoms with E-state index >= 15 is 0 Å². The normalized spacial score (nSPS) is 14.9. The van der Waals surface area contributed by atoms with Crippen LogP contribution in [0, 0.1) is 6.92 Å². The zero-order valence-corrected chi connectivity index (χ0v) is 21.5. The largest absolute Gasteiger partial charge is 0.491 e. The molecule has 1 aliphatic rings. The van der Waals surface area contributed by atoms with Crippen LogP contribution in [0.1, 0.15) is 32.4 Å². The fourth-order valence-electron chi connectivity index (χ4n) is 4.12. The smallest absolute Gasteiger partial charge is 0.254 e. The van der Waals surface area contributed by atoms with Crippen molar-refractivity contribution in [2.45, 2.75) is 19.4 Å². The number of aryl methyl sites for hydroxylation is 1. The molecule has 0 fully saturated rings. The number of benzene rings is 2. The van der Waals surface area contributed by atoms with Gasteiger partial charge < -0.3 is 14.5 Å². The number of amides is 2. The summed E-state index contributed by atoms with van der Waals surface area (Å²) in [5.41, 5.74) is 2.83. The van der Waals surface area contributed by atoms with Gasteiger partial charge in [0.25, 0.3) is 5.91 Å². The highest BCUT2D eigenvalue weighted by molar-refractivity contribution is 9.10. The zero-order valence-electron chi connectivity index (χ0n) is 19.1. The Morgan fingerprint density at radius 1 is 1.24 bits per heavy atom. The van der Waals surface area contributed by atoms with Gasteiger partial charge in [0, 0.05) is 28.0 Å². The van der Waals surface area contributed by atoms with E-state index < -0.39 is 0 Å². The molecule has 7 heteroatoms. The van der Waals surface area contributed by atoms with Crippen molar-refractivity contribution in [3.8, 4) is 5.75 Å². The zero-order chi connectivity index (χ0) is 24.1. The number of thiophene rings is 1. The summed E-state index contributed by atoms with van der Waals surface area (Å²) in [6.07, 6.45) is 2.45. The Morgan fingerprint density at radius 3 is 2.76 bits per heavy atom.